The van der Waals surface area contributed by atoms with E-state index in [2.05, 4.69) is 0 Å². The molecular weight excluding hydrogens is 346 g/mol. The Labute approximate surface area is 145 Å². The molecule has 2 atom stereocenters. The Kier molecular flexibility index (Phi) is 4.37. The van der Waals surface area contributed by atoms with E-state index < -0.39 is 32.9 Å². The normalized spacial score (nSPS) is 24.1. The Morgan fingerprint density at radius 2 is 1.62 bits per heavy atom. The molecule has 0 radical (unpaired) electrons. The van der Waals surface area contributed by atoms with Gasteiger partial charge in [-0.1, -0.05) is 51.7 Å². The summed E-state index contributed by atoms with van der Waals surface area (Å²) in [4.78, 5) is 0.101. The summed E-state index contributed by atoms with van der Waals surface area (Å²) in [6.45, 7) is 5.36. The Morgan fingerprint density at radius 1 is 1.04 bits per heavy atom. The van der Waals surface area contributed by atoms with Crippen molar-refractivity contribution in [3.05, 3.63) is 65.7 Å². The monoisotopic (exact) mass is 365 g/mol. The van der Waals surface area contributed by atoms with Gasteiger partial charge in [0.25, 0.3) is 21.3 Å². The maximum absolute atomic E-state index is 13.1. The Hall–Kier alpha value is -1.54. The molecule has 128 valence electrons. The summed E-state index contributed by atoms with van der Waals surface area (Å²) in [7, 11) is -3.96. The van der Waals surface area contributed by atoms with Gasteiger partial charge < -0.3 is 0 Å². The molecule has 2 aromatic carbocycles. The largest absolute Gasteiger partial charge is 0.269 e. The SMILES string of the molecule is Cc1ccc(S(=O)(=O)N2[C@H](c3ccccc3)C(C)(C)OS2=O)cc1. The van der Waals surface area contributed by atoms with Gasteiger partial charge in [-0.25, -0.2) is 12.6 Å². The van der Waals surface area contributed by atoms with Crippen LogP contribution in [0.3, 0.4) is 0 Å². The Bertz CT molecular complexity index is 861. The first-order chi connectivity index (χ1) is 11.2. The van der Waals surface area contributed by atoms with Crippen molar-refractivity contribution in [1.29, 1.82) is 0 Å². The maximum Gasteiger partial charge on any atom is 0.256 e. The van der Waals surface area contributed by atoms with Crippen molar-refractivity contribution in [2.45, 2.75) is 37.3 Å². The van der Waals surface area contributed by atoms with Crippen molar-refractivity contribution in [2.24, 2.45) is 0 Å². The number of nitrogens with zero attached hydrogens (tertiary/aromatic N) is 1. The molecule has 7 heteroatoms. The van der Waals surface area contributed by atoms with E-state index in [1.165, 1.54) is 12.1 Å². The molecule has 1 aliphatic heterocycles. The van der Waals surface area contributed by atoms with E-state index in [4.69, 9.17) is 4.18 Å². The molecule has 1 unspecified atom stereocenters. The van der Waals surface area contributed by atoms with Crippen LogP contribution in [0.4, 0.5) is 0 Å². The summed E-state index contributed by atoms with van der Waals surface area (Å²) in [5.74, 6) is 0. The molecule has 0 amide bonds. The van der Waals surface area contributed by atoms with Crippen LogP contribution in [0.15, 0.2) is 59.5 Å². The maximum atomic E-state index is 13.1. The summed E-state index contributed by atoms with van der Waals surface area (Å²) >= 11 is -2.09. The molecular formula is C17H19NO4S2. The second-order valence-corrected chi connectivity index (χ2v) is 9.33. The van der Waals surface area contributed by atoms with Gasteiger partial charge in [0.1, 0.15) is 5.60 Å². The molecule has 0 N–H and O–H groups in total. The lowest BCUT2D eigenvalue weighted by molar-refractivity contribution is 0.114. The standard InChI is InChI=1S/C17H19NO4S2/c1-13-9-11-15(12-10-13)24(20,21)18-16(14-7-5-4-6-8-14)17(2,3)22-23(18)19/h4-12,16H,1-3H3/t16-,23?/m1/s1. The highest BCUT2D eigenvalue weighted by Gasteiger charge is 2.53. The number of hydrogen-bond donors (Lipinski definition) is 0. The molecule has 1 fully saturated rings. The van der Waals surface area contributed by atoms with Crippen LogP contribution in [0.25, 0.3) is 0 Å². The topological polar surface area (TPSA) is 63.7 Å². The quantitative estimate of drug-likeness (QED) is 0.838. The molecule has 1 saturated heterocycles. The highest BCUT2D eigenvalue weighted by atomic mass is 32.3. The molecule has 24 heavy (non-hydrogen) atoms. The molecule has 2 aromatic rings. The zero-order valence-electron chi connectivity index (χ0n) is 13.7. The predicted molar refractivity (Wildman–Crippen MR) is 92.7 cm³/mol. The molecule has 1 heterocycles. The predicted octanol–water partition coefficient (Wildman–Crippen LogP) is 3.11. The Morgan fingerprint density at radius 3 is 2.21 bits per heavy atom. The first-order valence-corrected chi connectivity index (χ1v) is 9.98. The zero-order chi connectivity index (χ0) is 17.5. The zero-order valence-corrected chi connectivity index (χ0v) is 15.3. The van der Waals surface area contributed by atoms with Gasteiger partial charge in [0.2, 0.25) is 0 Å². The van der Waals surface area contributed by atoms with E-state index in [0.717, 1.165) is 14.8 Å². The van der Waals surface area contributed by atoms with Crippen LogP contribution >= 0.6 is 0 Å². The highest BCUT2D eigenvalue weighted by molar-refractivity contribution is 7.99. The third-order valence-electron chi connectivity index (χ3n) is 3.97. The van der Waals surface area contributed by atoms with E-state index in [0.29, 0.717) is 0 Å². The van der Waals surface area contributed by atoms with E-state index in [1.807, 2.05) is 37.3 Å². The van der Waals surface area contributed by atoms with Crippen molar-refractivity contribution < 1.29 is 16.8 Å². The van der Waals surface area contributed by atoms with E-state index in [9.17, 15) is 12.6 Å². The first kappa shape index (κ1) is 17.3. The minimum atomic E-state index is -3.96. The van der Waals surface area contributed by atoms with Crippen molar-refractivity contribution in [2.75, 3.05) is 0 Å². The summed E-state index contributed by atoms with van der Waals surface area (Å²) in [5.41, 5.74) is 0.779. The van der Waals surface area contributed by atoms with Gasteiger partial charge >= 0.3 is 0 Å². The number of hydrogen-bond acceptors (Lipinski definition) is 4. The van der Waals surface area contributed by atoms with E-state index in [1.54, 1.807) is 26.0 Å². The summed E-state index contributed by atoms with van der Waals surface area (Å²) in [5, 5.41) is 0. The molecule has 0 saturated carbocycles. The summed E-state index contributed by atoms with van der Waals surface area (Å²) < 4.78 is 45.1. The number of rotatable bonds is 3. The van der Waals surface area contributed by atoms with Crippen LogP contribution in [0.2, 0.25) is 0 Å². The van der Waals surface area contributed by atoms with Crippen LogP contribution in [0, 0.1) is 6.92 Å². The van der Waals surface area contributed by atoms with Crippen LogP contribution in [0.1, 0.15) is 31.0 Å². The van der Waals surface area contributed by atoms with E-state index >= 15 is 0 Å². The van der Waals surface area contributed by atoms with Crippen molar-refractivity contribution in [3.63, 3.8) is 0 Å². The molecule has 1 aliphatic rings. The summed E-state index contributed by atoms with van der Waals surface area (Å²) in [6.07, 6.45) is 0. The minimum absolute atomic E-state index is 0.101. The van der Waals surface area contributed by atoms with Crippen molar-refractivity contribution in [1.82, 2.24) is 3.71 Å². The van der Waals surface area contributed by atoms with Crippen molar-refractivity contribution >= 4 is 21.3 Å². The van der Waals surface area contributed by atoms with Crippen LogP contribution in [-0.2, 0) is 25.5 Å². The molecule has 0 bridgehead atoms. The summed E-state index contributed by atoms with van der Waals surface area (Å²) in [6, 6.07) is 14.9. The number of sulfonamides is 1. The third kappa shape index (κ3) is 2.93. The highest BCUT2D eigenvalue weighted by Crippen LogP contribution is 2.45. The van der Waals surface area contributed by atoms with Gasteiger partial charge in [0.05, 0.1) is 10.9 Å². The molecule has 0 aromatic heterocycles. The first-order valence-electron chi connectivity index (χ1n) is 7.51. The van der Waals surface area contributed by atoms with Gasteiger partial charge in [-0.2, -0.15) is 0 Å². The van der Waals surface area contributed by atoms with Gasteiger partial charge in [-0.05, 0) is 38.5 Å². The second kappa shape index (κ2) is 6.07. The van der Waals surface area contributed by atoms with Gasteiger partial charge in [-0.3, -0.25) is 4.18 Å². The van der Waals surface area contributed by atoms with Gasteiger partial charge in [-0.15, -0.1) is 0 Å². The minimum Gasteiger partial charge on any atom is -0.269 e. The van der Waals surface area contributed by atoms with Gasteiger partial charge in [0.15, 0.2) is 0 Å². The van der Waals surface area contributed by atoms with Crippen LogP contribution in [-0.4, -0.2) is 21.9 Å². The fourth-order valence-corrected chi connectivity index (χ4v) is 6.21. The lowest BCUT2D eigenvalue weighted by Gasteiger charge is -2.27. The Balaban J connectivity index is 2.13. The fourth-order valence-electron chi connectivity index (χ4n) is 2.80. The third-order valence-corrected chi connectivity index (χ3v) is 7.56. The molecule has 5 nitrogen and oxygen atoms in total. The second-order valence-electron chi connectivity index (χ2n) is 6.29. The average molecular weight is 365 g/mol. The van der Waals surface area contributed by atoms with Crippen LogP contribution < -0.4 is 0 Å². The lowest BCUT2D eigenvalue weighted by Crippen LogP contribution is -2.37. The molecule has 3 rings (SSSR count). The molecule has 0 aliphatic carbocycles. The fraction of sp³-hybridized carbons (Fsp3) is 0.294. The van der Waals surface area contributed by atoms with Gasteiger partial charge in [0, 0.05) is 0 Å². The van der Waals surface area contributed by atoms with Crippen LogP contribution in [0.5, 0.6) is 0 Å². The number of aryl methyl sites for hydroxylation is 1. The smallest absolute Gasteiger partial charge is 0.256 e. The van der Waals surface area contributed by atoms with Crippen molar-refractivity contribution in [3.8, 4) is 0 Å². The number of benzene rings is 2. The van der Waals surface area contributed by atoms with E-state index in [-0.39, 0.29) is 4.90 Å². The average Bonchev–Trinajstić information content (AvgIpc) is 2.78. The lowest BCUT2D eigenvalue weighted by atomic mass is 9.93. The molecule has 0 spiro atoms.